The van der Waals surface area contributed by atoms with Crippen LogP contribution in [0, 0.1) is 17.1 Å². The molecule has 0 bridgehead atoms. The molecule has 0 amide bonds. The van der Waals surface area contributed by atoms with Crippen molar-refractivity contribution in [2.75, 3.05) is 5.73 Å². The summed E-state index contributed by atoms with van der Waals surface area (Å²) in [7, 11) is 0. The third kappa shape index (κ3) is 2.36. The predicted octanol–water partition coefficient (Wildman–Crippen LogP) is 3.73. The van der Waals surface area contributed by atoms with Crippen LogP contribution < -0.4 is 10.5 Å². The first-order valence-electron chi connectivity index (χ1n) is 5.03. The number of halogens is 2. The van der Waals surface area contributed by atoms with E-state index >= 15 is 0 Å². The summed E-state index contributed by atoms with van der Waals surface area (Å²) in [6.45, 7) is 0. The van der Waals surface area contributed by atoms with Crippen LogP contribution in [0.1, 0.15) is 5.56 Å². The van der Waals surface area contributed by atoms with Gasteiger partial charge in [0.05, 0.1) is 10.7 Å². The van der Waals surface area contributed by atoms with Crippen LogP contribution in [-0.4, -0.2) is 0 Å². The highest BCUT2D eigenvalue weighted by Crippen LogP contribution is 2.30. The molecule has 0 aliphatic rings. The average Bonchev–Trinajstić information content (AvgIpc) is 2.34. The van der Waals surface area contributed by atoms with E-state index in [2.05, 4.69) is 0 Å². The molecule has 0 saturated heterocycles. The predicted molar refractivity (Wildman–Crippen MR) is 67.1 cm³/mol. The normalized spacial score (nSPS) is 9.83. The first-order valence-corrected chi connectivity index (χ1v) is 5.41. The van der Waals surface area contributed by atoms with Gasteiger partial charge in [0, 0.05) is 6.07 Å². The summed E-state index contributed by atoms with van der Waals surface area (Å²) in [4.78, 5) is 0. The van der Waals surface area contributed by atoms with Crippen LogP contribution in [0.4, 0.5) is 10.1 Å². The summed E-state index contributed by atoms with van der Waals surface area (Å²) >= 11 is 5.86. The number of rotatable bonds is 2. The van der Waals surface area contributed by atoms with Crippen molar-refractivity contribution in [3.63, 3.8) is 0 Å². The van der Waals surface area contributed by atoms with E-state index in [0.717, 1.165) is 6.07 Å². The Morgan fingerprint density at radius 2 is 2.06 bits per heavy atom. The maximum atomic E-state index is 13.2. The minimum Gasteiger partial charge on any atom is -0.456 e. The zero-order valence-corrected chi connectivity index (χ0v) is 9.91. The van der Waals surface area contributed by atoms with E-state index in [4.69, 9.17) is 27.3 Å². The highest BCUT2D eigenvalue weighted by molar-refractivity contribution is 6.31. The van der Waals surface area contributed by atoms with Crippen LogP contribution in [0.25, 0.3) is 0 Å². The van der Waals surface area contributed by atoms with E-state index in [0.29, 0.717) is 0 Å². The van der Waals surface area contributed by atoms with Crippen molar-refractivity contribution < 1.29 is 9.13 Å². The fourth-order valence-corrected chi connectivity index (χ4v) is 1.60. The molecule has 0 aliphatic carbocycles. The Labute approximate surface area is 108 Å². The Kier molecular flexibility index (Phi) is 3.35. The molecule has 0 atom stereocenters. The molecule has 5 heteroatoms. The highest BCUT2D eigenvalue weighted by atomic mass is 35.5. The van der Waals surface area contributed by atoms with Crippen molar-refractivity contribution >= 4 is 17.3 Å². The largest absolute Gasteiger partial charge is 0.456 e. The molecule has 0 heterocycles. The van der Waals surface area contributed by atoms with E-state index in [-0.39, 0.29) is 27.8 Å². The van der Waals surface area contributed by atoms with Gasteiger partial charge in [-0.25, -0.2) is 4.39 Å². The van der Waals surface area contributed by atoms with Crippen LogP contribution in [0.2, 0.25) is 5.02 Å². The fraction of sp³-hybridized carbons (Fsp3) is 0. The van der Waals surface area contributed by atoms with Crippen molar-refractivity contribution in [1.82, 2.24) is 0 Å². The Hall–Kier alpha value is -2.25. The molecule has 0 fully saturated rings. The lowest BCUT2D eigenvalue weighted by atomic mass is 10.2. The molecule has 0 aromatic heterocycles. The van der Waals surface area contributed by atoms with Crippen molar-refractivity contribution in [3.8, 4) is 17.6 Å². The average molecular weight is 263 g/mol. The van der Waals surface area contributed by atoms with E-state index in [1.54, 1.807) is 18.2 Å². The number of ether oxygens (including phenoxy) is 1. The number of benzene rings is 2. The second-order valence-corrected chi connectivity index (χ2v) is 3.92. The zero-order valence-electron chi connectivity index (χ0n) is 9.15. The Morgan fingerprint density at radius 1 is 1.28 bits per heavy atom. The summed E-state index contributed by atoms with van der Waals surface area (Å²) < 4.78 is 18.7. The Morgan fingerprint density at radius 3 is 2.72 bits per heavy atom. The van der Waals surface area contributed by atoms with Crippen LogP contribution in [0.5, 0.6) is 11.5 Å². The molecule has 3 nitrogen and oxygen atoms in total. The lowest BCUT2D eigenvalue weighted by molar-refractivity contribution is 0.476. The fourth-order valence-electron chi connectivity index (χ4n) is 1.40. The molecule has 2 N–H and O–H groups in total. The molecule has 90 valence electrons. The van der Waals surface area contributed by atoms with Crippen molar-refractivity contribution in [1.29, 1.82) is 5.26 Å². The minimum atomic E-state index is -0.576. The lowest BCUT2D eigenvalue weighted by Crippen LogP contribution is -1.93. The number of nitrogens with zero attached hydrogens (tertiary/aromatic N) is 1. The summed E-state index contributed by atoms with van der Waals surface area (Å²) in [6, 6.07) is 10.8. The van der Waals surface area contributed by atoms with Crippen LogP contribution in [0.3, 0.4) is 0 Å². The maximum Gasteiger partial charge on any atom is 0.149 e. The monoisotopic (exact) mass is 262 g/mol. The molecule has 0 saturated carbocycles. The van der Waals surface area contributed by atoms with Gasteiger partial charge >= 0.3 is 0 Å². The quantitative estimate of drug-likeness (QED) is 0.839. The Bertz CT molecular complexity index is 637. The van der Waals surface area contributed by atoms with Gasteiger partial charge in [-0.2, -0.15) is 5.26 Å². The molecule has 2 aromatic carbocycles. The van der Waals surface area contributed by atoms with Gasteiger partial charge in [0.25, 0.3) is 0 Å². The van der Waals surface area contributed by atoms with E-state index in [1.165, 1.54) is 12.1 Å². The highest BCUT2D eigenvalue weighted by Gasteiger charge is 2.09. The molecular weight excluding hydrogens is 255 g/mol. The second-order valence-electron chi connectivity index (χ2n) is 3.51. The smallest absolute Gasteiger partial charge is 0.149 e. The van der Waals surface area contributed by atoms with Gasteiger partial charge in [0.2, 0.25) is 0 Å². The summed E-state index contributed by atoms with van der Waals surface area (Å²) in [5.41, 5.74) is 5.60. The topological polar surface area (TPSA) is 59.0 Å². The Balaban J connectivity index is 2.37. The van der Waals surface area contributed by atoms with Crippen molar-refractivity contribution in [3.05, 3.63) is 52.8 Å². The van der Waals surface area contributed by atoms with Gasteiger partial charge < -0.3 is 10.5 Å². The number of nitriles is 1. The van der Waals surface area contributed by atoms with Gasteiger partial charge in [-0.05, 0) is 24.3 Å². The van der Waals surface area contributed by atoms with Crippen LogP contribution in [0.15, 0.2) is 36.4 Å². The molecule has 0 aliphatic heterocycles. The minimum absolute atomic E-state index is 0.0361. The SMILES string of the molecule is N#Cc1c(Cl)cccc1Oc1ccc(N)c(F)c1. The standard InChI is InChI=1S/C13H8ClFN2O/c14-10-2-1-3-13(9(10)7-16)18-8-4-5-12(17)11(15)6-8/h1-6H,17H2. The summed E-state index contributed by atoms with van der Waals surface area (Å²) in [5, 5.41) is 9.25. The number of anilines is 1. The van der Waals surface area contributed by atoms with Crippen molar-refractivity contribution in [2.24, 2.45) is 0 Å². The van der Waals surface area contributed by atoms with Gasteiger partial charge in [0.15, 0.2) is 0 Å². The zero-order chi connectivity index (χ0) is 13.1. The van der Waals surface area contributed by atoms with Gasteiger partial charge in [-0.1, -0.05) is 17.7 Å². The lowest BCUT2D eigenvalue weighted by Gasteiger charge is -2.08. The van der Waals surface area contributed by atoms with Gasteiger partial charge in [-0.15, -0.1) is 0 Å². The number of nitrogens with two attached hydrogens (primary N) is 1. The van der Waals surface area contributed by atoms with Gasteiger partial charge in [-0.3, -0.25) is 0 Å². The van der Waals surface area contributed by atoms with E-state index < -0.39 is 5.82 Å². The molecule has 18 heavy (non-hydrogen) atoms. The molecule has 0 radical (unpaired) electrons. The molecular formula is C13H8ClFN2O. The number of nitrogen functional groups attached to an aromatic ring is 1. The van der Waals surface area contributed by atoms with Crippen LogP contribution >= 0.6 is 11.6 Å². The van der Waals surface area contributed by atoms with E-state index in [1.807, 2.05) is 6.07 Å². The molecule has 0 unspecified atom stereocenters. The molecule has 0 spiro atoms. The molecule has 2 aromatic rings. The first-order chi connectivity index (χ1) is 8.61. The third-order valence-electron chi connectivity index (χ3n) is 2.29. The van der Waals surface area contributed by atoms with Crippen molar-refractivity contribution in [2.45, 2.75) is 0 Å². The third-order valence-corrected chi connectivity index (χ3v) is 2.60. The number of hydrogen-bond acceptors (Lipinski definition) is 3. The second kappa shape index (κ2) is 4.94. The van der Waals surface area contributed by atoms with Gasteiger partial charge in [0.1, 0.15) is 28.9 Å². The van der Waals surface area contributed by atoms with Crippen LogP contribution in [-0.2, 0) is 0 Å². The van der Waals surface area contributed by atoms with E-state index in [9.17, 15) is 4.39 Å². The summed E-state index contributed by atoms with van der Waals surface area (Å²) in [6.07, 6.45) is 0. The molecule has 2 rings (SSSR count). The maximum absolute atomic E-state index is 13.2. The summed E-state index contributed by atoms with van der Waals surface area (Å²) in [5.74, 6) is -0.0531. The first kappa shape index (κ1) is 12.2. The number of hydrogen-bond donors (Lipinski definition) is 1.